The molecular formula is C21H19ClN2O5. The lowest BCUT2D eigenvalue weighted by molar-refractivity contribution is 0.0954. The summed E-state index contributed by atoms with van der Waals surface area (Å²) in [5.74, 6) is 1.83. The highest BCUT2D eigenvalue weighted by Gasteiger charge is 2.16. The smallest absolute Gasteiger partial charge is 0.271 e. The molecule has 0 saturated carbocycles. The summed E-state index contributed by atoms with van der Waals surface area (Å²) in [7, 11) is 4.45. The summed E-state index contributed by atoms with van der Waals surface area (Å²) in [4.78, 5) is 12.4. The first-order valence-corrected chi connectivity index (χ1v) is 8.92. The van der Waals surface area contributed by atoms with E-state index in [-0.39, 0.29) is 0 Å². The van der Waals surface area contributed by atoms with Gasteiger partial charge in [0.1, 0.15) is 11.5 Å². The van der Waals surface area contributed by atoms with Crippen molar-refractivity contribution in [1.82, 2.24) is 5.43 Å². The number of carbonyl (C=O) groups excluding carboxylic acids is 1. The van der Waals surface area contributed by atoms with E-state index in [1.807, 2.05) is 12.1 Å². The summed E-state index contributed by atoms with van der Waals surface area (Å²) in [6, 6.07) is 13.9. The number of carbonyl (C=O) groups is 1. The third kappa shape index (κ3) is 4.70. The van der Waals surface area contributed by atoms with E-state index >= 15 is 0 Å². The van der Waals surface area contributed by atoms with E-state index in [0.717, 1.165) is 5.56 Å². The highest BCUT2D eigenvalue weighted by Crippen LogP contribution is 2.38. The van der Waals surface area contributed by atoms with Crippen molar-refractivity contribution in [2.24, 2.45) is 5.10 Å². The molecule has 0 saturated heterocycles. The minimum atomic E-state index is -0.442. The van der Waals surface area contributed by atoms with E-state index in [2.05, 4.69) is 10.5 Å². The Balaban J connectivity index is 1.72. The van der Waals surface area contributed by atoms with E-state index < -0.39 is 5.91 Å². The molecule has 0 bridgehead atoms. The lowest BCUT2D eigenvalue weighted by atomic mass is 10.1. The number of furan rings is 1. The quantitative estimate of drug-likeness (QED) is 0.458. The SMILES string of the molecule is COc1cc(C(=O)N/N=C/c2ccc(-c3cccc(Cl)c3)o2)cc(OC)c1OC. The highest BCUT2D eigenvalue weighted by atomic mass is 35.5. The molecule has 1 amide bonds. The third-order valence-electron chi connectivity index (χ3n) is 4.02. The van der Waals surface area contributed by atoms with Crippen molar-refractivity contribution in [3.8, 4) is 28.6 Å². The number of amides is 1. The lowest BCUT2D eigenvalue weighted by Crippen LogP contribution is -2.18. The summed E-state index contributed by atoms with van der Waals surface area (Å²) in [6.45, 7) is 0. The van der Waals surface area contributed by atoms with Crippen molar-refractivity contribution >= 4 is 23.7 Å². The largest absolute Gasteiger partial charge is 0.493 e. The third-order valence-corrected chi connectivity index (χ3v) is 4.26. The number of hydrogen-bond acceptors (Lipinski definition) is 6. The molecule has 0 radical (unpaired) electrons. The fraction of sp³-hybridized carbons (Fsp3) is 0.143. The number of nitrogens with zero attached hydrogens (tertiary/aromatic N) is 1. The van der Waals surface area contributed by atoms with E-state index in [1.54, 1.807) is 24.3 Å². The normalized spacial score (nSPS) is 10.8. The van der Waals surface area contributed by atoms with Gasteiger partial charge >= 0.3 is 0 Å². The van der Waals surface area contributed by atoms with Crippen LogP contribution in [0.1, 0.15) is 16.1 Å². The van der Waals surface area contributed by atoms with Crippen LogP contribution in [0.25, 0.3) is 11.3 Å². The Bertz CT molecular complexity index is 1020. The lowest BCUT2D eigenvalue weighted by Gasteiger charge is -2.13. The number of hydrazone groups is 1. The molecule has 2 aromatic carbocycles. The summed E-state index contributed by atoms with van der Waals surface area (Å²) in [6.07, 6.45) is 1.41. The number of halogens is 1. The zero-order chi connectivity index (χ0) is 20.8. The summed E-state index contributed by atoms with van der Waals surface area (Å²) >= 11 is 6.00. The number of rotatable bonds is 7. The first-order chi connectivity index (χ1) is 14.0. The predicted molar refractivity (Wildman–Crippen MR) is 110 cm³/mol. The Morgan fingerprint density at radius 2 is 1.76 bits per heavy atom. The molecule has 0 atom stereocenters. The van der Waals surface area contributed by atoms with Gasteiger partial charge in [0.25, 0.3) is 5.91 Å². The molecule has 0 aliphatic carbocycles. The molecule has 8 heteroatoms. The van der Waals surface area contributed by atoms with E-state index in [0.29, 0.717) is 39.4 Å². The van der Waals surface area contributed by atoms with Gasteiger partial charge < -0.3 is 18.6 Å². The second-order valence-electron chi connectivity index (χ2n) is 5.83. The van der Waals surface area contributed by atoms with Crippen LogP contribution in [0.15, 0.2) is 58.0 Å². The maximum absolute atomic E-state index is 12.4. The first-order valence-electron chi connectivity index (χ1n) is 8.55. The van der Waals surface area contributed by atoms with Crippen LogP contribution in [0.3, 0.4) is 0 Å². The Morgan fingerprint density at radius 3 is 2.38 bits per heavy atom. The van der Waals surface area contributed by atoms with Crippen LogP contribution < -0.4 is 19.6 Å². The maximum Gasteiger partial charge on any atom is 0.271 e. The average Bonchev–Trinajstić information content (AvgIpc) is 3.21. The molecule has 1 aromatic heterocycles. The molecule has 0 aliphatic heterocycles. The molecule has 0 unspecified atom stereocenters. The fourth-order valence-electron chi connectivity index (χ4n) is 2.65. The van der Waals surface area contributed by atoms with Gasteiger partial charge in [0.05, 0.1) is 27.5 Å². The second-order valence-corrected chi connectivity index (χ2v) is 6.26. The molecule has 150 valence electrons. The molecule has 0 spiro atoms. The predicted octanol–water partition coefficient (Wildman–Crippen LogP) is 4.39. The molecule has 1 heterocycles. The van der Waals surface area contributed by atoms with Gasteiger partial charge in [0, 0.05) is 16.1 Å². The summed E-state index contributed by atoms with van der Waals surface area (Å²) in [5, 5.41) is 4.56. The van der Waals surface area contributed by atoms with Crippen molar-refractivity contribution < 1.29 is 23.4 Å². The number of nitrogens with one attached hydrogen (secondary N) is 1. The zero-order valence-electron chi connectivity index (χ0n) is 16.1. The van der Waals surface area contributed by atoms with Crippen LogP contribution in [0.5, 0.6) is 17.2 Å². The Labute approximate surface area is 172 Å². The van der Waals surface area contributed by atoms with Gasteiger partial charge in [-0.2, -0.15) is 5.10 Å². The van der Waals surface area contributed by atoms with Crippen LogP contribution in [-0.2, 0) is 0 Å². The average molecular weight is 415 g/mol. The molecule has 29 heavy (non-hydrogen) atoms. The number of hydrogen-bond donors (Lipinski definition) is 1. The molecule has 0 fully saturated rings. The van der Waals surface area contributed by atoms with Crippen molar-refractivity contribution in [2.45, 2.75) is 0 Å². The Hall–Kier alpha value is -3.45. The van der Waals surface area contributed by atoms with Gasteiger partial charge in [-0.25, -0.2) is 5.43 Å². The molecular weight excluding hydrogens is 396 g/mol. The monoisotopic (exact) mass is 414 g/mol. The number of ether oxygens (including phenoxy) is 3. The molecule has 1 N–H and O–H groups in total. The molecule has 3 rings (SSSR count). The van der Waals surface area contributed by atoms with E-state index in [9.17, 15) is 4.79 Å². The van der Waals surface area contributed by atoms with Crippen molar-refractivity contribution in [3.63, 3.8) is 0 Å². The number of benzene rings is 2. The minimum Gasteiger partial charge on any atom is -0.493 e. The second kappa shape index (κ2) is 9.16. The Kier molecular flexibility index (Phi) is 6.41. The van der Waals surface area contributed by atoms with Crippen LogP contribution in [0.4, 0.5) is 0 Å². The summed E-state index contributed by atoms with van der Waals surface area (Å²) in [5.41, 5.74) is 3.59. The molecule has 3 aromatic rings. The highest BCUT2D eigenvalue weighted by molar-refractivity contribution is 6.30. The summed E-state index contributed by atoms with van der Waals surface area (Å²) < 4.78 is 21.4. The maximum atomic E-state index is 12.4. The standard InChI is InChI=1S/C21H19ClN2O5/c1-26-18-10-14(11-19(27-2)20(18)28-3)21(25)24-23-12-16-7-8-17(29-16)13-5-4-6-15(22)9-13/h4-12H,1-3H3,(H,24,25)/b23-12+. The van der Waals surface area contributed by atoms with Crippen LogP contribution in [-0.4, -0.2) is 33.5 Å². The molecule has 0 aliphatic rings. The van der Waals surface area contributed by atoms with Gasteiger partial charge in [0.15, 0.2) is 11.5 Å². The van der Waals surface area contributed by atoms with Gasteiger partial charge in [-0.1, -0.05) is 23.7 Å². The van der Waals surface area contributed by atoms with E-state index in [1.165, 1.54) is 39.7 Å². The Morgan fingerprint density at radius 1 is 1.03 bits per heavy atom. The van der Waals surface area contributed by atoms with E-state index in [4.69, 9.17) is 30.2 Å². The van der Waals surface area contributed by atoms with Crippen molar-refractivity contribution in [3.05, 3.63) is 64.9 Å². The van der Waals surface area contributed by atoms with Crippen LogP contribution in [0, 0.1) is 0 Å². The number of methoxy groups -OCH3 is 3. The van der Waals surface area contributed by atoms with Gasteiger partial charge in [-0.05, 0) is 36.4 Å². The van der Waals surface area contributed by atoms with Gasteiger partial charge in [0.2, 0.25) is 5.75 Å². The zero-order valence-corrected chi connectivity index (χ0v) is 16.8. The minimum absolute atomic E-state index is 0.302. The van der Waals surface area contributed by atoms with Crippen molar-refractivity contribution in [2.75, 3.05) is 21.3 Å². The topological polar surface area (TPSA) is 82.3 Å². The first kappa shape index (κ1) is 20.3. The molecule has 7 nitrogen and oxygen atoms in total. The van der Waals surface area contributed by atoms with Gasteiger partial charge in [-0.15, -0.1) is 0 Å². The van der Waals surface area contributed by atoms with Crippen molar-refractivity contribution in [1.29, 1.82) is 0 Å². The van der Waals surface area contributed by atoms with Crippen LogP contribution in [0.2, 0.25) is 5.02 Å². The van der Waals surface area contributed by atoms with Gasteiger partial charge in [-0.3, -0.25) is 4.79 Å². The van der Waals surface area contributed by atoms with Crippen LogP contribution >= 0.6 is 11.6 Å². The fourth-order valence-corrected chi connectivity index (χ4v) is 2.84.